The van der Waals surface area contributed by atoms with Crippen LogP contribution in [-0.4, -0.2) is 12.1 Å². The lowest BCUT2D eigenvalue weighted by Crippen LogP contribution is -2.13. The van der Waals surface area contributed by atoms with Gasteiger partial charge in [-0.25, -0.2) is 4.85 Å². The van der Waals surface area contributed by atoms with Gasteiger partial charge in [-0.2, -0.15) is 0 Å². The van der Waals surface area contributed by atoms with Crippen LogP contribution in [0.4, 0.5) is 0 Å². The number of hydrogen-bond donors (Lipinski definition) is 2. The van der Waals surface area contributed by atoms with E-state index in [-0.39, 0.29) is 5.70 Å². The fraction of sp³-hybridized carbons (Fsp3) is 0.167. The fourth-order valence-corrected chi connectivity index (χ4v) is 0.406. The topological polar surface area (TPSA) is 71.3 Å². The van der Waals surface area contributed by atoms with Crippen LogP contribution >= 0.6 is 0 Å². The van der Waals surface area contributed by atoms with Crippen LogP contribution < -0.4 is 5.73 Å². The number of carbonyl (C=O) groups excluding carboxylic acids is 1. The van der Waals surface area contributed by atoms with Crippen LogP contribution in [0.1, 0.15) is 6.92 Å². The molecule has 0 spiro atoms. The number of nitrogens with two attached hydrogens (primary N) is 1. The van der Waals surface area contributed by atoms with E-state index in [4.69, 9.17) is 17.7 Å². The van der Waals surface area contributed by atoms with Crippen LogP contribution in [-0.2, 0) is 4.79 Å². The third kappa shape index (κ3) is 1.71. The van der Waals surface area contributed by atoms with Crippen molar-refractivity contribution in [3.05, 3.63) is 22.7 Å². The molecule has 0 rings (SSSR count). The molecular weight excluding hydrogens is 130 g/mol. The van der Waals surface area contributed by atoms with Gasteiger partial charge in [-0.1, -0.05) is 0 Å². The summed E-state index contributed by atoms with van der Waals surface area (Å²) in [5, 5.41) is 6.70. The second-order valence-electron chi connectivity index (χ2n) is 1.65. The van der Waals surface area contributed by atoms with Gasteiger partial charge in [0, 0.05) is 6.21 Å². The molecule has 1 amide bonds. The van der Waals surface area contributed by atoms with E-state index in [2.05, 4.69) is 4.85 Å². The van der Waals surface area contributed by atoms with Gasteiger partial charge in [0.2, 0.25) is 5.91 Å². The van der Waals surface area contributed by atoms with Crippen LogP contribution in [0.3, 0.4) is 0 Å². The average Bonchev–Trinajstić information content (AvgIpc) is 1.88. The number of primary amides is 1. The first-order valence-electron chi connectivity index (χ1n) is 2.52. The Balaban J connectivity index is 4.86. The predicted molar refractivity (Wildman–Crippen MR) is 37.3 cm³/mol. The quantitative estimate of drug-likeness (QED) is 0.321. The lowest BCUT2D eigenvalue weighted by molar-refractivity contribution is -0.114. The monoisotopic (exact) mass is 137 g/mol. The minimum atomic E-state index is -0.781. The average molecular weight is 137 g/mol. The van der Waals surface area contributed by atoms with Gasteiger partial charge < -0.3 is 11.1 Å². The van der Waals surface area contributed by atoms with Crippen LogP contribution in [0.15, 0.2) is 11.3 Å². The van der Waals surface area contributed by atoms with Crippen LogP contribution in [0.5, 0.6) is 0 Å². The summed E-state index contributed by atoms with van der Waals surface area (Å²) in [6.45, 7) is 7.98. The second-order valence-corrected chi connectivity index (χ2v) is 1.65. The van der Waals surface area contributed by atoms with Crippen molar-refractivity contribution < 1.29 is 4.79 Å². The Morgan fingerprint density at radius 3 is 2.40 bits per heavy atom. The molecule has 0 saturated heterocycles. The highest BCUT2D eigenvalue weighted by Crippen LogP contribution is 2.01. The first-order chi connectivity index (χ1) is 4.63. The van der Waals surface area contributed by atoms with Crippen molar-refractivity contribution in [3.63, 3.8) is 0 Å². The molecule has 10 heavy (non-hydrogen) atoms. The van der Waals surface area contributed by atoms with Gasteiger partial charge in [0.05, 0.1) is 6.57 Å². The maximum Gasteiger partial charge on any atom is 0.254 e. The molecule has 0 aliphatic heterocycles. The number of hydrogen-bond acceptors (Lipinski definition) is 2. The molecule has 0 aromatic heterocycles. The zero-order valence-corrected chi connectivity index (χ0v) is 5.51. The molecule has 3 N–H and O–H groups in total. The normalized spacial score (nSPS) is 11.2. The van der Waals surface area contributed by atoms with Crippen molar-refractivity contribution in [1.29, 1.82) is 5.41 Å². The molecule has 0 atom stereocenters. The van der Waals surface area contributed by atoms with E-state index in [9.17, 15) is 4.79 Å². The zero-order chi connectivity index (χ0) is 8.15. The summed E-state index contributed by atoms with van der Waals surface area (Å²) < 4.78 is 0. The summed E-state index contributed by atoms with van der Waals surface area (Å²) in [4.78, 5) is 13.2. The molecular formula is C6H7N3O. The second kappa shape index (κ2) is 3.41. The largest absolute Gasteiger partial charge is 0.375 e. The third-order valence-electron chi connectivity index (χ3n) is 0.935. The molecule has 4 nitrogen and oxygen atoms in total. The number of nitrogens with one attached hydrogen (secondary N) is 1. The fourth-order valence-electron chi connectivity index (χ4n) is 0.406. The highest BCUT2D eigenvalue weighted by Gasteiger charge is 2.06. The van der Waals surface area contributed by atoms with E-state index in [1.807, 2.05) is 0 Å². The maximum atomic E-state index is 10.4. The van der Waals surface area contributed by atoms with E-state index >= 15 is 0 Å². The third-order valence-corrected chi connectivity index (χ3v) is 0.935. The minimum absolute atomic E-state index is 0.171. The lowest BCUT2D eigenvalue weighted by atomic mass is 10.2. The van der Waals surface area contributed by atoms with Gasteiger partial charge in [-0.3, -0.25) is 4.79 Å². The summed E-state index contributed by atoms with van der Waals surface area (Å²) >= 11 is 0. The molecule has 0 bridgehead atoms. The van der Waals surface area contributed by atoms with Crippen LogP contribution in [0.25, 0.3) is 4.85 Å². The van der Waals surface area contributed by atoms with Crippen molar-refractivity contribution in [2.24, 2.45) is 5.73 Å². The number of allylic oxidation sites excluding steroid dienone is 1. The van der Waals surface area contributed by atoms with E-state index in [1.54, 1.807) is 0 Å². The Labute approximate surface area is 58.7 Å². The van der Waals surface area contributed by atoms with Crippen LogP contribution in [0.2, 0.25) is 0 Å². The molecule has 0 heterocycles. The standard InChI is InChI=1S/C6H7N3O/c1-4(3-7)5(9-2)6(8)10/h3,7H,1H3,(H2,8,10)/b5-4+,7-3?. The van der Waals surface area contributed by atoms with Gasteiger partial charge in [0.15, 0.2) is 0 Å². The summed E-state index contributed by atoms with van der Waals surface area (Å²) in [6, 6.07) is 0. The smallest absolute Gasteiger partial charge is 0.254 e. The number of nitrogens with zero attached hydrogens (tertiary/aromatic N) is 1. The van der Waals surface area contributed by atoms with Crippen molar-refractivity contribution in [1.82, 2.24) is 0 Å². The molecule has 0 aromatic carbocycles. The first kappa shape index (κ1) is 8.37. The SMILES string of the molecule is [C-]#[N+]/C(C(N)=O)=C(\C)C=N. The van der Waals surface area contributed by atoms with E-state index in [0.717, 1.165) is 6.21 Å². The minimum Gasteiger partial charge on any atom is -0.375 e. The molecule has 0 saturated carbocycles. The summed E-state index contributed by atoms with van der Waals surface area (Å²) in [5.41, 5.74) is 4.93. The van der Waals surface area contributed by atoms with Gasteiger partial charge in [0.1, 0.15) is 0 Å². The van der Waals surface area contributed by atoms with Gasteiger partial charge in [0.25, 0.3) is 5.70 Å². The Hall–Kier alpha value is -1.63. The number of amides is 1. The summed E-state index contributed by atoms with van der Waals surface area (Å²) in [6.07, 6.45) is 0.929. The van der Waals surface area contributed by atoms with Gasteiger partial charge >= 0.3 is 0 Å². The van der Waals surface area contributed by atoms with Gasteiger partial charge in [-0.05, 0) is 12.5 Å². The zero-order valence-electron chi connectivity index (χ0n) is 5.51. The van der Waals surface area contributed by atoms with Crippen molar-refractivity contribution >= 4 is 12.1 Å². The van der Waals surface area contributed by atoms with Crippen molar-refractivity contribution in [3.8, 4) is 0 Å². The van der Waals surface area contributed by atoms with E-state index in [0.29, 0.717) is 5.57 Å². The lowest BCUT2D eigenvalue weighted by Gasteiger charge is -1.91. The molecule has 4 heteroatoms. The number of rotatable bonds is 2. The summed E-state index contributed by atoms with van der Waals surface area (Å²) in [7, 11) is 0. The molecule has 0 aliphatic rings. The van der Waals surface area contributed by atoms with Crippen molar-refractivity contribution in [2.75, 3.05) is 0 Å². The molecule has 0 radical (unpaired) electrons. The first-order valence-corrected chi connectivity index (χ1v) is 2.52. The maximum absolute atomic E-state index is 10.4. The van der Waals surface area contributed by atoms with Crippen molar-refractivity contribution in [2.45, 2.75) is 6.92 Å². The Kier molecular flexibility index (Phi) is 2.85. The Bertz CT molecular complexity index is 234. The molecule has 52 valence electrons. The van der Waals surface area contributed by atoms with Crippen LogP contribution in [0, 0.1) is 12.0 Å². The Morgan fingerprint density at radius 2 is 2.30 bits per heavy atom. The Morgan fingerprint density at radius 1 is 1.80 bits per heavy atom. The van der Waals surface area contributed by atoms with E-state index < -0.39 is 5.91 Å². The summed E-state index contributed by atoms with van der Waals surface area (Å²) in [5.74, 6) is -0.781. The molecule has 0 aromatic rings. The van der Waals surface area contributed by atoms with E-state index in [1.165, 1.54) is 6.92 Å². The van der Waals surface area contributed by atoms with Gasteiger partial charge in [-0.15, -0.1) is 0 Å². The molecule has 0 aliphatic carbocycles. The molecule has 0 fully saturated rings. The number of carbonyl (C=O) groups is 1. The molecule has 0 unspecified atom stereocenters. The highest BCUT2D eigenvalue weighted by molar-refractivity contribution is 5.99. The predicted octanol–water partition coefficient (Wildman–Crippen LogP) is 0.315. The highest BCUT2D eigenvalue weighted by atomic mass is 16.1.